The Morgan fingerprint density at radius 2 is 1.97 bits per heavy atom. The van der Waals surface area contributed by atoms with Crippen molar-refractivity contribution in [2.45, 2.75) is 31.6 Å². The van der Waals surface area contributed by atoms with Crippen molar-refractivity contribution in [2.24, 2.45) is 0 Å². The third kappa shape index (κ3) is 6.17. The molecule has 1 aromatic carbocycles. The van der Waals surface area contributed by atoms with Crippen molar-refractivity contribution >= 4 is 46.5 Å². The molecule has 0 saturated carbocycles. The standard InChI is InChI=1S/C21H21ClF3N5O2S/c1-3-8-29(11-17(31)26-16-7-5-4-6-13(16)2)18(32)12-33-20-28-27-19-15(22)9-14(10-30(19)20)21(23,24)25/h4-7,9-10H,3,8,11-12H2,1-2H3,(H,26,31). The number of hydrogen-bond donors (Lipinski definition) is 1. The molecule has 7 nitrogen and oxygen atoms in total. The molecule has 0 aliphatic heterocycles. The monoisotopic (exact) mass is 499 g/mol. The first-order valence-electron chi connectivity index (χ1n) is 9.97. The molecule has 1 N–H and O–H groups in total. The fourth-order valence-electron chi connectivity index (χ4n) is 3.04. The second kappa shape index (κ2) is 10.4. The summed E-state index contributed by atoms with van der Waals surface area (Å²) in [6.45, 7) is 3.94. The number of carbonyl (C=O) groups excluding carboxylic acids is 2. The summed E-state index contributed by atoms with van der Waals surface area (Å²) >= 11 is 6.84. The Labute approximate surface area is 197 Å². The summed E-state index contributed by atoms with van der Waals surface area (Å²) < 4.78 is 40.5. The SMILES string of the molecule is CCCN(CC(=O)Nc1ccccc1C)C(=O)CSc1nnc2c(Cl)cc(C(F)(F)F)cn12. The fourth-order valence-corrected chi connectivity index (χ4v) is 4.10. The average Bonchev–Trinajstić information content (AvgIpc) is 3.16. The number of nitrogens with zero attached hydrogens (tertiary/aromatic N) is 4. The number of hydrogen-bond acceptors (Lipinski definition) is 5. The number of anilines is 1. The molecule has 0 bridgehead atoms. The van der Waals surface area contributed by atoms with Crippen LogP contribution in [0, 0.1) is 6.92 Å². The van der Waals surface area contributed by atoms with Gasteiger partial charge in [0.2, 0.25) is 11.8 Å². The Hall–Kier alpha value is -2.79. The molecule has 0 aliphatic carbocycles. The van der Waals surface area contributed by atoms with E-state index in [4.69, 9.17) is 11.6 Å². The van der Waals surface area contributed by atoms with Gasteiger partial charge in [0.15, 0.2) is 10.8 Å². The largest absolute Gasteiger partial charge is 0.417 e. The highest BCUT2D eigenvalue weighted by molar-refractivity contribution is 7.99. The molecule has 2 aromatic heterocycles. The summed E-state index contributed by atoms with van der Waals surface area (Å²) in [5.41, 5.74) is 0.662. The van der Waals surface area contributed by atoms with E-state index in [1.807, 2.05) is 26.0 Å². The number of aromatic nitrogens is 3. The van der Waals surface area contributed by atoms with E-state index in [2.05, 4.69) is 15.5 Å². The van der Waals surface area contributed by atoms with E-state index in [1.165, 1.54) is 4.90 Å². The zero-order valence-corrected chi connectivity index (χ0v) is 19.4. The highest BCUT2D eigenvalue weighted by atomic mass is 35.5. The number of thioether (sulfide) groups is 1. The topological polar surface area (TPSA) is 79.6 Å². The number of benzene rings is 1. The predicted molar refractivity (Wildman–Crippen MR) is 120 cm³/mol. The smallest absolute Gasteiger partial charge is 0.333 e. The zero-order chi connectivity index (χ0) is 24.2. The Morgan fingerprint density at radius 3 is 2.64 bits per heavy atom. The van der Waals surface area contributed by atoms with Crippen molar-refractivity contribution in [1.29, 1.82) is 0 Å². The van der Waals surface area contributed by atoms with E-state index in [1.54, 1.807) is 12.1 Å². The van der Waals surface area contributed by atoms with E-state index >= 15 is 0 Å². The summed E-state index contributed by atoms with van der Waals surface area (Å²) in [4.78, 5) is 26.6. The van der Waals surface area contributed by atoms with Crippen molar-refractivity contribution < 1.29 is 22.8 Å². The van der Waals surface area contributed by atoms with Crippen LogP contribution in [0.3, 0.4) is 0 Å². The van der Waals surface area contributed by atoms with Crippen LogP contribution in [0.25, 0.3) is 5.65 Å². The highest BCUT2D eigenvalue weighted by Crippen LogP contribution is 2.33. The lowest BCUT2D eigenvalue weighted by Gasteiger charge is -2.21. The van der Waals surface area contributed by atoms with Gasteiger partial charge in [-0.05, 0) is 31.0 Å². The maximum absolute atomic E-state index is 13.1. The number of alkyl halides is 3. The second-order valence-electron chi connectivity index (χ2n) is 7.22. The number of aryl methyl sites for hydroxylation is 1. The summed E-state index contributed by atoms with van der Waals surface area (Å²) in [5, 5.41) is 10.3. The van der Waals surface area contributed by atoms with Crippen LogP contribution in [0.5, 0.6) is 0 Å². The van der Waals surface area contributed by atoms with Crippen molar-refractivity contribution in [1.82, 2.24) is 19.5 Å². The summed E-state index contributed by atoms with van der Waals surface area (Å²) in [7, 11) is 0. The van der Waals surface area contributed by atoms with Crippen LogP contribution in [0.15, 0.2) is 41.7 Å². The second-order valence-corrected chi connectivity index (χ2v) is 8.57. The van der Waals surface area contributed by atoms with E-state index < -0.39 is 11.7 Å². The molecule has 0 saturated heterocycles. The molecule has 0 spiro atoms. The van der Waals surface area contributed by atoms with Gasteiger partial charge in [-0.15, -0.1) is 10.2 Å². The van der Waals surface area contributed by atoms with E-state index in [-0.39, 0.29) is 39.9 Å². The molecule has 0 unspecified atom stereocenters. The molecule has 3 rings (SSSR count). The van der Waals surface area contributed by atoms with Gasteiger partial charge in [0, 0.05) is 18.4 Å². The molecule has 33 heavy (non-hydrogen) atoms. The molecule has 0 fully saturated rings. The summed E-state index contributed by atoms with van der Waals surface area (Å²) in [5.74, 6) is -0.825. The Balaban J connectivity index is 1.69. The minimum absolute atomic E-state index is 0.0580. The average molecular weight is 500 g/mol. The Kier molecular flexibility index (Phi) is 7.85. The summed E-state index contributed by atoms with van der Waals surface area (Å²) in [6, 6.07) is 8.06. The molecule has 2 heterocycles. The van der Waals surface area contributed by atoms with E-state index in [0.29, 0.717) is 18.7 Å². The summed E-state index contributed by atoms with van der Waals surface area (Å²) in [6.07, 6.45) is -3.12. The molecule has 0 aliphatic rings. The van der Waals surface area contributed by atoms with Gasteiger partial charge in [-0.2, -0.15) is 13.2 Å². The molecule has 3 aromatic rings. The van der Waals surface area contributed by atoms with Gasteiger partial charge in [0.25, 0.3) is 0 Å². The number of carbonyl (C=O) groups is 2. The molecule has 176 valence electrons. The Morgan fingerprint density at radius 1 is 1.24 bits per heavy atom. The van der Waals surface area contributed by atoms with E-state index in [0.717, 1.165) is 34.0 Å². The van der Waals surface area contributed by atoms with Gasteiger partial charge in [-0.3, -0.25) is 14.0 Å². The van der Waals surface area contributed by atoms with Crippen LogP contribution in [0.1, 0.15) is 24.5 Å². The quantitative estimate of drug-likeness (QED) is 0.455. The van der Waals surface area contributed by atoms with Crippen LogP contribution in [0.4, 0.5) is 18.9 Å². The van der Waals surface area contributed by atoms with Gasteiger partial charge in [-0.25, -0.2) is 0 Å². The lowest BCUT2D eigenvalue weighted by Crippen LogP contribution is -2.39. The minimum Gasteiger partial charge on any atom is -0.333 e. The van der Waals surface area contributed by atoms with Gasteiger partial charge < -0.3 is 10.2 Å². The van der Waals surface area contributed by atoms with Crippen LogP contribution >= 0.6 is 23.4 Å². The van der Waals surface area contributed by atoms with Gasteiger partial charge in [-0.1, -0.05) is 48.5 Å². The first kappa shape index (κ1) is 24.8. The Bertz CT molecular complexity index is 1170. The normalized spacial score (nSPS) is 11.6. The molecule has 12 heteroatoms. The highest BCUT2D eigenvalue weighted by Gasteiger charge is 2.32. The van der Waals surface area contributed by atoms with Gasteiger partial charge in [0.05, 0.1) is 22.9 Å². The lowest BCUT2D eigenvalue weighted by atomic mass is 10.2. The van der Waals surface area contributed by atoms with Crippen LogP contribution in [-0.4, -0.2) is 50.2 Å². The van der Waals surface area contributed by atoms with E-state index in [9.17, 15) is 22.8 Å². The van der Waals surface area contributed by atoms with Crippen molar-refractivity contribution in [3.63, 3.8) is 0 Å². The molecule has 0 radical (unpaired) electrons. The fraction of sp³-hybridized carbons (Fsp3) is 0.333. The molecule has 0 atom stereocenters. The van der Waals surface area contributed by atoms with Gasteiger partial charge in [0.1, 0.15) is 0 Å². The third-order valence-electron chi connectivity index (χ3n) is 4.68. The first-order valence-corrected chi connectivity index (χ1v) is 11.3. The molecule has 2 amide bonds. The van der Waals surface area contributed by atoms with Crippen molar-refractivity contribution in [3.8, 4) is 0 Å². The number of halogens is 4. The van der Waals surface area contributed by atoms with Gasteiger partial charge >= 0.3 is 6.18 Å². The van der Waals surface area contributed by atoms with Crippen molar-refractivity contribution in [2.75, 3.05) is 24.2 Å². The maximum Gasteiger partial charge on any atom is 0.417 e. The van der Waals surface area contributed by atoms with Crippen LogP contribution in [-0.2, 0) is 15.8 Å². The van der Waals surface area contributed by atoms with Crippen LogP contribution in [0.2, 0.25) is 5.02 Å². The first-order chi connectivity index (χ1) is 15.6. The number of para-hydroxylation sites is 1. The number of fused-ring (bicyclic) bond motifs is 1. The number of rotatable bonds is 8. The van der Waals surface area contributed by atoms with Crippen molar-refractivity contribution in [3.05, 3.63) is 52.7 Å². The van der Waals surface area contributed by atoms with Crippen LogP contribution < -0.4 is 5.32 Å². The minimum atomic E-state index is -4.59. The molecular formula is C21H21ClF3N5O2S. The third-order valence-corrected chi connectivity index (χ3v) is 5.89. The number of pyridine rings is 1. The zero-order valence-electron chi connectivity index (χ0n) is 17.8. The molecular weight excluding hydrogens is 479 g/mol. The number of amides is 2. The maximum atomic E-state index is 13.1. The predicted octanol–water partition coefficient (Wildman–Crippen LogP) is 4.68. The lowest BCUT2D eigenvalue weighted by molar-refractivity contribution is -0.138. The number of nitrogens with one attached hydrogen (secondary N) is 1.